The maximum absolute atomic E-state index is 11.9. The van der Waals surface area contributed by atoms with E-state index in [1.165, 1.54) is 0 Å². The summed E-state index contributed by atoms with van der Waals surface area (Å²) in [6.07, 6.45) is 1.88. The van der Waals surface area contributed by atoms with Crippen LogP contribution in [-0.2, 0) is 4.79 Å². The van der Waals surface area contributed by atoms with Crippen molar-refractivity contribution < 1.29 is 9.53 Å². The molecule has 0 aliphatic rings. The molecule has 0 bridgehead atoms. The fourth-order valence-corrected chi connectivity index (χ4v) is 1.76. The Bertz CT molecular complexity index is 456. The Morgan fingerprint density at radius 3 is 2.75 bits per heavy atom. The first-order valence-corrected chi connectivity index (χ1v) is 7.20. The quantitative estimate of drug-likeness (QED) is 0.808. The number of carbonyl (C=O) groups excluding carboxylic acids is 1. The van der Waals surface area contributed by atoms with Crippen molar-refractivity contribution in [1.82, 2.24) is 0 Å². The summed E-state index contributed by atoms with van der Waals surface area (Å²) >= 11 is 5.96. The number of rotatable bonds is 7. The minimum atomic E-state index is -0.354. The lowest BCUT2D eigenvalue weighted by atomic mass is 10.00. The normalized spacial score (nSPS) is 11.2. The van der Waals surface area contributed by atoms with Gasteiger partial charge in [0.1, 0.15) is 5.75 Å². The molecule has 0 atom stereocenters. The summed E-state index contributed by atoms with van der Waals surface area (Å²) in [5.41, 5.74) is 6.12. The highest BCUT2D eigenvalue weighted by Gasteiger charge is 2.14. The number of carbonyl (C=O) groups is 1. The molecule has 0 aliphatic heterocycles. The third kappa shape index (κ3) is 6.26. The smallest absolute Gasteiger partial charge is 0.224 e. The van der Waals surface area contributed by atoms with Gasteiger partial charge in [-0.15, -0.1) is 0 Å². The van der Waals surface area contributed by atoms with Crippen LogP contribution >= 0.6 is 11.6 Å². The van der Waals surface area contributed by atoms with Crippen molar-refractivity contribution in [2.45, 2.75) is 45.6 Å². The number of anilines is 1. The van der Waals surface area contributed by atoms with Crippen LogP contribution in [0.1, 0.15) is 40.0 Å². The molecule has 0 heterocycles. The van der Waals surface area contributed by atoms with Crippen LogP contribution in [0.25, 0.3) is 0 Å². The van der Waals surface area contributed by atoms with Gasteiger partial charge in [0.15, 0.2) is 0 Å². The molecule has 5 heteroatoms. The van der Waals surface area contributed by atoms with Gasteiger partial charge >= 0.3 is 0 Å². The van der Waals surface area contributed by atoms with Crippen LogP contribution in [0.3, 0.4) is 0 Å². The number of amides is 1. The molecule has 3 N–H and O–H groups in total. The van der Waals surface area contributed by atoms with Gasteiger partial charge in [0.05, 0.1) is 12.3 Å². The standard InChI is InChI=1S/C15H23ClN2O2/c1-4-9-20-13-6-5-11(16)10-12(13)18-14(19)7-8-15(2,3)17/h5-6,10H,4,7-9,17H2,1-3H3,(H,18,19). The highest BCUT2D eigenvalue weighted by molar-refractivity contribution is 6.31. The molecule has 0 fully saturated rings. The van der Waals surface area contributed by atoms with Gasteiger partial charge in [0.25, 0.3) is 0 Å². The number of nitrogens with one attached hydrogen (secondary N) is 1. The zero-order valence-corrected chi connectivity index (χ0v) is 13.1. The predicted molar refractivity (Wildman–Crippen MR) is 83.4 cm³/mol. The number of hydrogen-bond donors (Lipinski definition) is 2. The SMILES string of the molecule is CCCOc1ccc(Cl)cc1NC(=O)CCC(C)(C)N. The molecule has 20 heavy (non-hydrogen) atoms. The summed E-state index contributed by atoms with van der Waals surface area (Å²) in [6, 6.07) is 5.20. The van der Waals surface area contributed by atoms with E-state index in [1.54, 1.807) is 18.2 Å². The summed E-state index contributed by atoms with van der Waals surface area (Å²) in [4.78, 5) is 11.9. The van der Waals surface area contributed by atoms with Crippen molar-refractivity contribution in [3.05, 3.63) is 23.2 Å². The van der Waals surface area contributed by atoms with Crippen molar-refractivity contribution in [3.8, 4) is 5.75 Å². The summed E-state index contributed by atoms with van der Waals surface area (Å²) in [6.45, 7) is 6.42. The Kier molecular flexibility index (Phi) is 6.30. The van der Waals surface area contributed by atoms with Crippen LogP contribution < -0.4 is 15.8 Å². The molecule has 0 aromatic heterocycles. The van der Waals surface area contributed by atoms with E-state index in [0.717, 1.165) is 6.42 Å². The number of nitrogens with two attached hydrogens (primary N) is 1. The fraction of sp³-hybridized carbons (Fsp3) is 0.533. The van der Waals surface area contributed by atoms with Gasteiger partial charge in [0.2, 0.25) is 5.91 Å². The minimum Gasteiger partial charge on any atom is -0.491 e. The summed E-state index contributed by atoms with van der Waals surface area (Å²) in [5, 5.41) is 3.39. The lowest BCUT2D eigenvalue weighted by molar-refractivity contribution is -0.116. The molecule has 0 saturated carbocycles. The highest BCUT2D eigenvalue weighted by Crippen LogP contribution is 2.28. The molecule has 1 amide bonds. The van der Waals surface area contributed by atoms with Crippen LogP contribution in [0, 0.1) is 0 Å². The lowest BCUT2D eigenvalue weighted by Gasteiger charge is -2.18. The summed E-state index contributed by atoms with van der Waals surface area (Å²) in [7, 11) is 0. The van der Waals surface area contributed by atoms with Crippen LogP contribution in [0.2, 0.25) is 5.02 Å². The maximum atomic E-state index is 11.9. The van der Waals surface area contributed by atoms with E-state index in [2.05, 4.69) is 5.32 Å². The number of halogens is 1. The second-order valence-corrected chi connectivity index (χ2v) is 5.96. The molecule has 0 saturated heterocycles. The Labute approximate surface area is 125 Å². The molecule has 0 unspecified atom stereocenters. The topological polar surface area (TPSA) is 64.3 Å². The van der Waals surface area contributed by atoms with Crippen LogP contribution in [0.4, 0.5) is 5.69 Å². The van der Waals surface area contributed by atoms with Gasteiger partial charge in [-0.2, -0.15) is 0 Å². The maximum Gasteiger partial charge on any atom is 0.224 e. The van der Waals surface area contributed by atoms with Gasteiger partial charge in [0, 0.05) is 17.0 Å². The van der Waals surface area contributed by atoms with Gasteiger partial charge in [-0.1, -0.05) is 18.5 Å². The Morgan fingerprint density at radius 1 is 1.45 bits per heavy atom. The van der Waals surface area contributed by atoms with E-state index in [-0.39, 0.29) is 11.4 Å². The summed E-state index contributed by atoms with van der Waals surface area (Å²) in [5.74, 6) is 0.545. The second kappa shape index (κ2) is 7.50. The highest BCUT2D eigenvalue weighted by atomic mass is 35.5. The minimum absolute atomic E-state index is 0.0906. The third-order valence-corrected chi connectivity index (χ3v) is 2.91. The van der Waals surface area contributed by atoms with Crippen LogP contribution in [0.5, 0.6) is 5.75 Å². The van der Waals surface area contributed by atoms with E-state index in [9.17, 15) is 4.79 Å². The average molecular weight is 299 g/mol. The first-order chi connectivity index (χ1) is 9.31. The molecular weight excluding hydrogens is 276 g/mol. The van der Waals surface area contributed by atoms with Gasteiger partial charge in [-0.25, -0.2) is 0 Å². The molecule has 0 spiro atoms. The van der Waals surface area contributed by atoms with Crippen molar-refractivity contribution >= 4 is 23.2 Å². The van der Waals surface area contributed by atoms with E-state index in [1.807, 2.05) is 20.8 Å². The van der Waals surface area contributed by atoms with Crippen molar-refractivity contribution in [1.29, 1.82) is 0 Å². The number of hydrogen-bond acceptors (Lipinski definition) is 3. The average Bonchev–Trinajstić information content (AvgIpc) is 2.35. The molecule has 0 aliphatic carbocycles. The molecule has 1 aromatic carbocycles. The van der Waals surface area contributed by atoms with Gasteiger partial charge < -0.3 is 15.8 Å². The summed E-state index contributed by atoms with van der Waals surface area (Å²) < 4.78 is 5.59. The third-order valence-electron chi connectivity index (χ3n) is 2.67. The lowest BCUT2D eigenvalue weighted by Crippen LogP contribution is -2.33. The number of ether oxygens (including phenoxy) is 1. The van der Waals surface area contributed by atoms with E-state index in [0.29, 0.717) is 35.9 Å². The van der Waals surface area contributed by atoms with Crippen LogP contribution in [-0.4, -0.2) is 18.1 Å². The largest absolute Gasteiger partial charge is 0.491 e. The van der Waals surface area contributed by atoms with Crippen molar-refractivity contribution in [2.75, 3.05) is 11.9 Å². The molecular formula is C15H23ClN2O2. The van der Waals surface area contributed by atoms with Gasteiger partial charge in [-0.3, -0.25) is 4.79 Å². The first-order valence-electron chi connectivity index (χ1n) is 6.83. The van der Waals surface area contributed by atoms with Gasteiger partial charge in [-0.05, 0) is 44.9 Å². The molecule has 1 aromatic rings. The predicted octanol–water partition coefficient (Wildman–Crippen LogP) is 3.58. The Hall–Kier alpha value is -1.26. The zero-order valence-electron chi connectivity index (χ0n) is 12.3. The second-order valence-electron chi connectivity index (χ2n) is 5.53. The molecule has 112 valence electrons. The first kappa shape index (κ1) is 16.8. The monoisotopic (exact) mass is 298 g/mol. The molecule has 4 nitrogen and oxygen atoms in total. The Balaban J connectivity index is 2.69. The van der Waals surface area contributed by atoms with Crippen molar-refractivity contribution in [2.24, 2.45) is 5.73 Å². The zero-order chi connectivity index (χ0) is 15.2. The van der Waals surface area contributed by atoms with Crippen molar-refractivity contribution in [3.63, 3.8) is 0 Å². The molecule has 0 radical (unpaired) electrons. The number of benzene rings is 1. The van der Waals surface area contributed by atoms with E-state index >= 15 is 0 Å². The fourth-order valence-electron chi connectivity index (χ4n) is 1.59. The molecule has 1 rings (SSSR count). The van der Waals surface area contributed by atoms with E-state index < -0.39 is 0 Å². The van der Waals surface area contributed by atoms with E-state index in [4.69, 9.17) is 22.1 Å². The van der Waals surface area contributed by atoms with Crippen LogP contribution in [0.15, 0.2) is 18.2 Å². The Morgan fingerprint density at radius 2 is 2.15 bits per heavy atom.